The largest absolute Gasteiger partial charge is 0.353 e. The van der Waals surface area contributed by atoms with Gasteiger partial charge in [0.1, 0.15) is 0 Å². The lowest BCUT2D eigenvalue weighted by Crippen LogP contribution is -2.36. The average molecular weight is 484 g/mol. The molecule has 1 fully saturated rings. The number of benzene rings is 2. The molecule has 0 aliphatic carbocycles. The lowest BCUT2D eigenvalue weighted by Gasteiger charge is -2.31. The van der Waals surface area contributed by atoms with Gasteiger partial charge < -0.3 is 10.2 Å². The zero-order valence-corrected chi connectivity index (χ0v) is 21.2. The van der Waals surface area contributed by atoms with Crippen molar-refractivity contribution in [2.75, 3.05) is 19.6 Å². The minimum Gasteiger partial charge on any atom is -0.353 e. The summed E-state index contributed by atoms with van der Waals surface area (Å²) in [6, 6.07) is 24.5. The topological polar surface area (TPSA) is 62.3 Å². The number of nitrogens with one attached hydrogen (secondary N) is 1. The molecule has 0 atom stereocenters. The minimum absolute atomic E-state index is 0.0615. The summed E-state index contributed by atoms with van der Waals surface area (Å²) in [4.78, 5) is 29.0. The highest BCUT2D eigenvalue weighted by atomic mass is 16.2. The number of likely N-dealkylation sites (tertiary alicyclic amines) is 1. The SMILES string of the molecule is CC(=O)N1CCC(CCCCNC(=O)C=Cc2cccnc2)CC1.c1ccc(-c2ccccc2)cc1. The second kappa shape index (κ2) is 15.3. The predicted molar refractivity (Wildman–Crippen MR) is 147 cm³/mol. The summed E-state index contributed by atoms with van der Waals surface area (Å²) in [6.45, 7) is 4.15. The number of rotatable bonds is 8. The number of hydrogen-bond donors (Lipinski definition) is 1. The molecule has 1 N–H and O–H groups in total. The van der Waals surface area contributed by atoms with Gasteiger partial charge in [-0.25, -0.2) is 0 Å². The average Bonchev–Trinajstić information content (AvgIpc) is 2.94. The normalized spacial score (nSPS) is 13.6. The Labute approximate surface area is 215 Å². The van der Waals surface area contributed by atoms with Gasteiger partial charge in [-0.15, -0.1) is 0 Å². The quantitative estimate of drug-likeness (QED) is 0.316. The van der Waals surface area contributed by atoms with E-state index in [4.69, 9.17) is 0 Å². The first-order chi connectivity index (χ1) is 17.6. The smallest absolute Gasteiger partial charge is 0.243 e. The van der Waals surface area contributed by atoms with Gasteiger partial charge >= 0.3 is 0 Å². The third kappa shape index (κ3) is 9.87. The number of nitrogens with zero attached hydrogens (tertiary/aromatic N) is 2. The van der Waals surface area contributed by atoms with Crippen LogP contribution in [0, 0.1) is 5.92 Å². The summed E-state index contributed by atoms with van der Waals surface area (Å²) in [7, 11) is 0. The Morgan fingerprint density at radius 1 is 0.917 bits per heavy atom. The lowest BCUT2D eigenvalue weighted by atomic mass is 9.91. The Morgan fingerprint density at radius 3 is 2.11 bits per heavy atom. The monoisotopic (exact) mass is 483 g/mol. The molecule has 1 aliphatic heterocycles. The third-order valence-corrected chi connectivity index (χ3v) is 6.39. The number of carbonyl (C=O) groups excluding carboxylic acids is 2. The van der Waals surface area contributed by atoms with Gasteiger partial charge in [0.2, 0.25) is 11.8 Å². The van der Waals surface area contributed by atoms with Crippen LogP contribution in [0.4, 0.5) is 0 Å². The lowest BCUT2D eigenvalue weighted by molar-refractivity contribution is -0.130. The minimum atomic E-state index is -0.0615. The molecule has 1 saturated heterocycles. The van der Waals surface area contributed by atoms with E-state index >= 15 is 0 Å². The first kappa shape index (κ1) is 26.9. The van der Waals surface area contributed by atoms with Gasteiger partial charge in [0.15, 0.2) is 0 Å². The van der Waals surface area contributed by atoms with Crippen molar-refractivity contribution >= 4 is 17.9 Å². The van der Waals surface area contributed by atoms with Gasteiger partial charge in [0.25, 0.3) is 0 Å². The van der Waals surface area contributed by atoms with Crippen LogP contribution in [0.1, 0.15) is 44.6 Å². The Morgan fingerprint density at radius 2 is 1.56 bits per heavy atom. The molecule has 5 nitrogen and oxygen atoms in total. The van der Waals surface area contributed by atoms with Crippen molar-refractivity contribution in [3.8, 4) is 11.1 Å². The highest BCUT2D eigenvalue weighted by Gasteiger charge is 2.19. The van der Waals surface area contributed by atoms with Crippen LogP contribution in [0.25, 0.3) is 17.2 Å². The van der Waals surface area contributed by atoms with Gasteiger partial charge in [-0.2, -0.15) is 0 Å². The van der Waals surface area contributed by atoms with Crippen LogP contribution in [0.15, 0.2) is 91.3 Å². The Kier molecular flexibility index (Phi) is 11.4. The van der Waals surface area contributed by atoms with Crippen LogP contribution >= 0.6 is 0 Å². The summed E-state index contributed by atoms with van der Waals surface area (Å²) in [5.74, 6) is 0.853. The van der Waals surface area contributed by atoms with Crippen LogP contribution < -0.4 is 5.32 Å². The number of piperidine rings is 1. The maximum atomic E-state index is 11.7. The van der Waals surface area contributed by atoms with Crippen molar-refractivity contribution in [2.45, 2.75) is 39.0 Å². The van der Waals surface area contributed by atoms with Gasteiger partial charge in [0.05, 0.1) is 0 Å². The van der Waals surface area contributed by atoms with Crippen LogP contribution in [0.2, 0.25) is 0 Å². The zero-order chi connectivity index (χ0) is 25.4. The Hall–Kier alpha value is -3.73. The molecule has 0 radical (unpaired) electrons. The van der Waals surface area contributed by atoms with Crippen LogP contribution in [-0.2, 0) is 9.59 Å². The van der Waals surface area contributed by atoms with E-state index in [1.807, 2.05) is 29.2 Å². The third-order valence-electron chi connectivity index (χ3n) is 6.39. The van der Waals surface area contributed by atoms with Crippen molar-refractivity contribution in [1.29, 1.82) is 0 Å². The molecule has 0 spiro atoms. The van der Waals surface area contributed by atoms with Crippen molar-refractivity contribution < 1.29 is 9.59 Å². The molecule has 3 aromatic rings. The van der Waals surface area contributed by atoms with E-state index in [0.29, 0.717) is 6.54 Å². The molecule has 0 saturated carbocycles. The predicted octanol–water partition coefficient (Wildman–Crippen LogP) is 5.99. The number of amides is 2. The van der Waals surface area contributed by atoms with Gasteiger partial charge in [-0.3, -0.25) is 14.6 Å². The second-order valence-corrected chi connectivity index (χ2v) is 9.09. The fourth-order valence-corrected chi connectivity index (χ4v) is 4.27. The summed E-state index contributed by atoms with van der Waals surface area (Å²) >= 11 is 0. The standard InChI is InChI=1S/C19H27N3O2.C12H10/c1-16(23)22-13-9-17(10-14-22)5-2-3-12-21-19(24)8-7-18-6-4-11-20-15-18;1-3-7-11(8-4-1)12-9-5-2-6-10-12/h4,6-8,11,15,17H,2-3,5,9-10,12-14H2,1H3,(H,21,24);1-10H. The summed E-state index contributed by atoms with van der Waals surface area (Å²) in [5, 5.41) is 2.91. The Balaban J connectivity index is 0.000000249. The van der Waals surface area contributed by atoms with E-state index in [1.165, 1.54) is 17.5 Å². The molecule has 5 heteroatoms. The molecule has 2 amide bonds. The molecule has 2 aromatic carbocycles. The molecular weight excluding hydrogens is 446 g/mol. The van der Waals surface area contributed by atoms with Crippen LogP contribution in [0.3, 0.4) is 0 Å². The molecule has 4 rings (SSSR count). The van der Waals surface area contributed by atoms with E-state index in [2.05, 4.69) is 58.8 Å². The summed E-state index contributed by atoms with van der Waals surface area (Å²) in [5.41, 5.74) is 3.47. The van der Waals surface area contributed by atoms with Crippen LogP contribution in [-0.4, -0.2) is 41.3 Å². The van der Waals surface area contributed by atoms with Gasteiger partial charge in [-0.05, 0) is 54.0 Å². The number of hydrogen-bond acceptors (Lipinski definition) is 3. The van der Waals surface area contributed by atoms with Crippen LogP contribution in [0.5, 0.6) is 0 Å². The highest BCUT2D eigenvalue weighted by molar-refractivity contribution is 5.91. The highest BCUT2D eigenvalue weighted by Crippen LogP contribution is 2.22. The van der Waals surface area contributed by atoms with E-state index in [-0.39, 0.29) is 11.8 Å². The van der Waals surface area contributed by atoms with Crippen molar-refractivity contribution in [1.82, 2.24) is 15.2 Å². The number of pyridine rings is 1. The Bertz CT molecular complexity index is 1020. The van der Waals surface area contributed by atoms with E-state index in [9.17, 15) is 9.59 Å². The summed E-state index contributed by atoms with van der Waals surface area (Å²) in [6.07, 6.45) is 12.3. The number of aromatic nitrogens is 1. The fourth-order valence-electron chi connectivity index (χ4n) is 4.27. The maximum Gasteiger partial charge on any atom is 0.243 e. The molecule has 0 unspecified atom stereocenters. The van der Waals surface area contributed by atoms with E-state index < -0.39 is 0 Å². The number of carbonyl (C=O) groups is 2. The number of unbranched alkanes of at least 4 members (excludes halogenated alkanes) is 1. The summed E-state index contributed by atoms with van der Waals surface area (Å²) < 4.78 is 0. The molecule has 0 bridgehead atoms. The van der Waals surface area contributed by atoms with Gasteiger partial charge in [-0.1, -0.05) is 79.6 Å². The maximum absolute atomic E-state index is 11.7. The van der Waals surface area contributed by atoms with Crippen molar-refractivity contribution in [3.05, 3.63) is 96.8 Å². The first-order valence-electron chi connectivity index (χ1n) is 12.8. The molecule has 2 heterocycles. The second-order valence-electron chi connectivity index (χ2n) is 9.09. The first-order valence-corrected chi connectivity index (χ1v) is 12.8. The molecule has 1 aliphatic rings. The molecular formula is C31H37N3O2. The van der Waals surface area contributed by atoms with E-state index in [0.717, 1.165) is 50.3 Å². The molecule has 1 aromatic heterocycles. The van der Waals surface area contributed by atoms with E-state index in [1.54, 1.807) is 31.5 Å². The zero-order valence-electron chi connectivity index (χ0n) is 21.2. The molecule has 188 valence electrons. The van der Waals surface area contributed by atoms with Gasteiger partial charge in [0, 0.05) is 45.0 Å². The molecule has 36 heavy (non-hydrogen) atoms. The van der Waals surface area contributed by atoms with Crippen molar-refractivity contribution in [2.24, 2.45) is 5.92 Å². The van der Waals surface area contributed by atoms with Crippen molar-refractivity contribution in [3.63, 3.8) is 0 Å². The fraction of sp³-hybridized carbons (Fsp3) is 0.323.